The first-order valence-electron chi connectivity index (χ1n) is 7.34. The van der Waals surface area contributed by atoms with E-state index >= 15 is 0 Å². The van der Waals surface area contributed by atoms with Gasteiger partial charge in [0.05, 0.1) is 16.8 Å². The van der Waals surface area contributed by atoms with E-state index in [9.17, 15) is 19.3 Å². The number of nitrogens with zero attached hydrogens (tertiary/aromatic N) is 3. The van der Waals surface area contributed by atoms with Crippen LogP contribution in [0.3, 0.4) is 0 Å². The highest BCUT2D eigenvalue weighted by molar-refractivity contribution is 5.95. The second-order valence-electron chi connectivity index (χ2n) is 5.24. The normalized spacial score (nSPS) is 10.4. The van der Waals surface area contributed by atoms with Crippen LogP contribution in [0.15, 0.2) is 61.2 Å². The van der Waals surface area contributed by atoms with Crippen LogP contribution in [0.4, 0.5) is 10.1 Å². The largest absolute Gasteiger partial charge is 0.348 e. The molecule has 0 unspecified atom stereocenters. The maximum absolute atomic E-state index is 13.7. The van der Waals surface area contributed by atoms with E-state index in [4.69, 9.17) is 0 Å². The molecule has 0 bridgehead atoms. The van der Waals surface area contributed by atoms with E-state index in [1.54, 1.807) is 12.5 Å². The van der Waals surface area contributed by atoms with Crippen LogP contribution in [0.1, 0.15) is 15.9 Å². The Morgan fingerprint density at radius 2 is 2.00 bits per heavy atom. The standard InChI is InChI=1S/C17H13FN4O3/c18-16-6-5-14(22(24)25)9-15(16)17(23)20-10-12-1-3-13(4-2-12)21-8-7-19-11-21/h1-9,11H,10H2,(H,20,23). The SMILES string of the molecule is O=C(NCc1ccc(-n2ccnc2)cc1)c1cc([N+](=O)[O-])ccc1F. The third kappa shape index (κ3) is 3.69. The maximum atomic E-state index is 13.7. The Morgan fingerprint density at radius 3 is 2.64 bits per heavy atom. The number of benzene rings is 2. The van der Waals surface area contributed by atoms with Gasteiger partial charge in [0.15, 0.2) is 0 Å². The third-order valence-corrected chi connectivity index (χ3v) is 3.60. The van der Waals surface area contributed by atoms with Gasteiger partial charge in [-0.05, 0) is 23.8 Å². The Labute approximate surface area is 141 Å². The molecule has 0 aliphatic rings. The molecule has 8 heteroatoms. The zero-order valence-electron chi connectivity index (χ0n) is 12.9. The van der Waals surface area contributed by atoms with Crippen molar-refractivity contribution in [3.63, 3.8) is 0 Å². The van der Waals surface area contributed by atoms with E-state index in [0.717, 1.165) is 29.4 Å². The van der Waals surface area contributed by atoms with Gasteiger partial charge in [-0.3, -0.25) is 14.9 Å². The van der Waals surface area contributed by atoms with Gasteiger partial charge in [0.1, 0.15) is 5.82 Å². The summed E-state index contributed by atoms with van der Waals surface area (Å²) in [6.07, 6.45) is 5.14. The molecule has 1 heterocycles. The van der Waals surface area contributed by atoms with E-state index in [1.165, 1.54) is 0 Å². The fourth-order valence-electron chi connectivity index (χ4n) is 2.28. The minimum atomic E-state index is -0.807. The molecule has 1 amide bonds. The zero-order chi connectivity index (χ0) is 17.8. The quantitative estimate of drug-likeness (QED) is 0.571. The number of rotatable bonds is 5. The van der Waals surface area contributed by atoms with E-state index in [1.807, 2.05) is 35.0 Å². The number of aromatic nitrogens is 2. The monoisotopic (exact) mass is 340 g/mol. The summed E-state index contributed by atoms with van der Waals surface area (Å²) >= 11 is 0. The fraction of sp³-hybridized carbons (Fsp3) is 0.0588. The van der Waals surface area contributed by atoms with Crippen LogP contribution >= 0.6 is 0 Å². The summed E-state index contributed by atoms with van der Waals surface area (Å²) in [5.41, 5.74) is 1.03. The first kappa shape index (κ1) is 16.3. The predicted molar refractivity (Wildman–Crippen MR) is 87.8 cm³/mol. The lowest BCUT2D eigenvalue weighted by atomic mass is 10.1. The Balaban J connectivity index is 1.68. The van der Waals surface area contributed by atoms with E-state index < -0.39 is 16.6 Å². The molecule has 0 saturated heterocycles. The summed E-state index contributed by atoms with van der Waals surface area (Å²) in [5, 5.41) is 13.3. The number of nitro groups is 1. The molecule has 0 aliphatic heterocycles. The van der Waals surface area contributed by atoms with Crippen LogP contribution in [0.2, 0.25) is 0 Å². The summed E-state index contributed by atoms with van der Waals surface area (Å²) in [5.74, 6) is -1.52. The number of hydrogen-bond donors (Lipinski definition) is 1. The molecule has 0 fully saturated rings. The summed E-state index contributed by atoms with van der Waals surface area (Å²) in [6, 6.07) is 10.2. The van der Waals surface area contributed by atoms with Crippen LogP contribution in [0.25, 0.3) is 5.69 Å². The van der Waals surface area contributed by atoms with Crippen molar-refractivity contribution in [1.82, 2.24) is 14.9 Å². The van der Waals surface area contributed by atoms with Gasteiger partial charge in [-0.25, -0.2) is 9.37 Å². The van der Waals surface area contributed by atoms with E-state index in [-0.39, 0.29) is 17.8 Å². The van der Waals surface area contributed by atoms with Crippen LogP contribution in [-0.2, 0) is 6.54 Å². The van der Waals surface area contributed by atoms with Gasteiger partial charge < -0.3 is 9.88 Å². The minimum absolute atomic E-state index is 0.172. The molecule has 3 aromatic rings. The molecular weight excluding hydrogens is 327 g/mol. The number of imidazole rings is 1. The molecule has 1 aromatic heterocycles. The number of halogens is 1. The number of non-ortho nitro benzene ring substituents is 1. The Bertz CT molecular complexity index is 908. The van der Waals surface area contributed by atoms with Crippen LogP contribution in [-0.4, -0.2) is 20.4 Å². The second-order valence-corrected chi connectivity index (χ2v) is 5.24. The van der Waals surface area contributed by atoms with Crippen LogP contribution in [0.5, 0.6) is 0 Å². The Kier molecular flexibility index (Phi) is 4.51. The highest BCUT2D eigenvalue weighted by Gasteiger charge is 2.16. The lowest BCUT2D eigenvalue weighted by Gasteiger charge is -2.08. The highest BCUT2D eigenvalue weighted by Crippen LogP contribution is 2.17. The molecule has 0 aliphatic carbocycles. The smallest absolute Gasteiger partial charge is 0.270 e. The summed E-state index contributed by atoms with van der Waals surface area (Å²) in [7, 11) is 0. The minimum Gasteiger partial charge on any atom is -0.348 e. The van der Waals surface area contributed by atoms with Crippen molar-refractivity contribution in [3.05, 3.63) is 88.2 Å². The molecule has 3 rings (SSSR count). The molecular formula is C17H13FN4O3. The summed E-state index contributed by atoms with van der Waals surface area (Å²) in [6.45, 7) is 0.172. The number of carbonyl (C=O) groups excluding carboxylic acids is 1. The molecule has 126 valence electrons. The zero-order valence-corrected chi connectivity index (χ0v) is 12.9. The molecule has 0 saturated carbocycles. The average molecular weight is 340 g/mol. The highest BCUT2D eigenvalue weighted by atomic mass is 19.1. The van der Waals surface area contributed by atoms with Crippen LogP contribution in [0, 0.1) is 15.9 Å². The maximum Gasteiger partial charge on any atom is 0.270 e. The van der Waals surface area contributed by atoms with Gasteiger partial charge in [-0.15, -0.1) is 0 Å². The molecule has 0 spiro atoms. The number of nitro benzene ring substituents is 1. The third-order valence-electron chi connectivity index (χ3n) is 3.60. The van der Waals surface area contributed by atoms with Gasteiger partial charge in [0.25, 0.3) is 11.6 Å². The van der Waals surface area contributed by atoms with Gasteiger partial charge in [-0.2, -0.15) is 0 Å². The van der Waals surface area contributed by atoms with Crippen molar-refractivity contribution < 1.29 is 14.1 Å². The molecule has 0 radical (unpaired) electrons. The summed E-state index contributed by atoms with van der Waals surface area (Å²) < 4.78 is 15.6. The van der Waals surface area contributed by atoms with Crippen molar-refractivity contribution in [1.29, 1.82) is 0 Å². The number of hydrogen-bond acceptors (Lipinski definition) is 4. The second kappa shape index (κ2) is 6.91. The number of amides is 1. The van der Waals surface area contributed by atoms with E-state index in [2.05, 4.69) is 10.3 Å². The van der Waals surface area contributed by atoms with Crippen molar-refractivity contribution in [2.24, 2.45) is 0 Å². The fourth-order valence-corrected chi connectivity index (χ4v) is 2.28. The molecule has 2 aromatic carbocycles. The molecule has 0 atom stereocenters. The first-order valence-corrected chi connectivity index (χ1v) is 7.34. The van der Waals surface area contributed by atoms with Gasteiger partial charge >= 0.3 is 0 Å². The van der Waals surface area contributed by atoms with Gasteiger partial charge in [0, 0.05) is 36.8 Å². The van der Waals surface area contributed by atoms with Crippen molar-refractivity contribution >= 4 is 11.6 Å². The molecule has 1 N–H and O–H groups in total. The lowest BCUT2D eigenvalue weighted by Crippen LogP contribution is -2.24. The van der Waals surface area contributed by atoms with Crippen LogP contribution < -0.4 is 5.32 Å². The van der Waals surface area contributed by atoms with E-state index in [0.29, 0.717) is 0 Å². The van der Waals surface area contributed by atoms with Gasteiger partial charge in [0.2, 0.25) is 0 Å². The molecule has 25 heavy (non-hydrogen) atoms. The predicted octanol–water partition coefficient (Wildman–Crippen LogP) is 2.85. The van der Waals surface area contributed by atoms with Gasteiger partial charge in [-0.1, -0.05) is 12.1 Å². The van der Waals surface area contributed by atoms with Crippen molar-refractivity contribution in [3.8, 4) is 5.69 Å². The van der Waals surface area contributed by atoms with Crippen molar-refractivity contribution in [2.75, 3.05) is 0 Å². The Morgan fingerprint density at radius 1 is 1.24 bits per heavy atom. The Hall–Kier alpha value is -3.55. The first-order chi connectivity index (χ1) is 12.0. The summed E-state index contributed by atoms with van der Waals surface area (Å²) in [4.78, 5) is 26.1. The lowest BCUT2D eigenvalue weighted by molar-refractivity contribution is -0.384. The molecule has 7 nitrogen and oxygen atoms in total. The van der Waals surface area contributed by atoms with Crippen molar-refractivity contribution in [2.45, 2.75) is 6.54 Å². The topological polar surface area (TPSA) is 90.1 Å². The number of nitrogens with one attached hydrogen (secondary N) is 1. The average Bonchev–Trinajstić information content (AvgIpc) is 3.15. The number of carbonyl (C=O) groups is 1.